The Morgan fingerprint density at radius 1 is 1.53 bits per heavy atom. The summed E-state index contributed by atoms with van der Waals surface area (Å²) >= 11 is 0. The summed E-state index contributed by atoms with van der Waals surface area (Å²) in [5.74, 6) is -0.978. The Bertz CT molecular complexity index is 321. The summed E-state index contributed by atoms with van der Waals surface area (Å²) < 4.78 is 0. The minimum atomic E-state index is -1.12. The zero-order valence-electron chi connectivity index (χ0n) is 10.5. The van der Waals surface area contributed by atoms with E-state index in [1.54, 1.807) is 20.9 Å². The first-order chi connectivity index (χ1) is 7.84. The summed E-state index contributed by atoms with van der Waals surface area (Å²) in [4.78, 5) is 26.1. The van der Waals surface area contributed by atoms with E-state index in [2.05, 4.69) is 0 Å². The highest BCUT2D eigenvalue weighted by molar-refractivity contribution is 5.86. The van der Waals surface area contributed by atoms with Crippen LogP contribution in [0.2, 0.25) is 0 Å². The topological polar surface area (TPSA) is 81.1 Å². The Morgan fingerprint density at radius 3 is 2.59 bits per heavy atom. The summed E-state index contributed by atoms with van der Waals surface area (Å²) in [6.07, 6.45) is 1.16. The maximum atomic E-state index is 12.1. The average Bonchev–Trinajstić information content (AvgIpc) is 2.69. The van der Waals surface area contributed by atoms with Crippen LogP contribution in [0.15, 0.2) is 0 Å². The predicted molar refractivity (Wildman–Crippen MR) is 61.7 cm³/mol. The summed E-state index contributed by atoms with van der Waals surface area (Å²) in [7, 11) is 1.57. The summed E-state index contributed by atoms with van der Waals surface area (Å²) in [6, 6.07) is -0.657. The minimum absolute atomic E-state index is 0.139. The molecule has 98 valence electrons. The zero-order valence-corrected chi connectivity index (χ0v) is 10.5. The number of aliphatic hydroxyl groups is 1. The SMILES string of the molecule is CC(CO)N(C)C(=O)N1CCCC1(C)C(=O)O. The van der Waals surface area contributed by atoms with Crippen molar-refractivity contribution in [2.75, 3.05) is 20.2 Å². The van der Waals surface area contributed by atoms with Crippen LogP contribution in [0.5, 0.6) is 0 Å². The number of carboxylic acid groups (broad SMARTS) is 1. The molecule has 2 amide bonds. The summed E-state index contributed by atoms with van der Waals surface area (Å²) in [5.41, 5.74) is -1.12. The van der Waals surface area contributed by atoms with Crippen molar-refractivity contribution in [2.45, 2.75) is 38.3 Å². The van der Waals surface area contributed by atoms with Crippen LogP contribution in [0, 0.1) is 0 Å². The van der Waals surface area contributed by atoms with E-state index in [0.717, 1.165) is 0 Å². The predicted octanol–water partition coefficient (Wildman–Crippen LogP) is 0.358. The van der Waals surface area contributed by atoms with Crippen LogP contribution < -0.4 is 0 Å². The number of aliphatic carboxylic acids is 1. The summed E-state index contributed by atoms with van der Waals surface area (Å²) in [6.45, 7) is 3.59. The van der Waals surface area contributed by atoms with Crippen molar-refractivity contribution < 1.29 is 19.8 Å². The Hall–Kier alpha value is -1.30. The molecule has 1 rings (SSSR count). The standard InChI is InChI=1S/C11H20N2O4/c1-8(7-14)12(3)10(17)13-6-4-5-11(13,2)9(15)16/h8,14H,4-7H2,1-3H3,(H,15,16). The van der Waals surface area contributed by atoms with Gasteiger partial charge in [-0.25, -0.2) is 9.59 Å². The van der Waals surface area contributed by atoms with Crippen molar-refractivity contribution in [2.24, 2.45) is 0 Å². The van der Waals surface area contributed by atoms with Crippen LogP contribution in [0.1, 0.15) is 26.7 Å². The van der Waals surface area contributed by atoms with E-state index in [1.165, 1.54) is 9.80 Å². The first kappa shape index (κ1) is 13.8. The highest BCUT2D eigenvalue weighted by Gasteiger charge is 2.47. The third-order valence-electron chi connectivity index (χ3n) is 3.56. The van der Waals surface area contributed by atoms with Crippen LogP contribution >= 0.6 is 0 Å². The van der Waals surface area contributed by atoms with Crippen molar-refractivity contribution >= 4 is 12.0 Å². The van der Waals surface area contributed by atoms with Gasteiger partial charge < -0.3 is 20.0 Å². The molecule has 1 aliphatic rings. The molecule has 0 bridgehead atoms. The van der Waals surface area contributed by atoms with Gasteiger partial charge in [0, 0.05) is 13.6 Å². The average molecular weight is 244 g/mol. The molecule has 0 saturated carbocycles. The molecule has 1 aliphatic heterocycles. The van der Waals surface area contributed by atoms with Crippen LogP contribution in [-0.4, -0.2) is 63.8 Å². The van der Waals surface area contributed by atoms with Crippen molar-refractivity contribution in [1.29, 1.82) is 0 Å². The Morgan fingerprint density at radius 2 is 2.12 bits per heavy atom. The number of carbonyl (C=O) groups is 2. The molecule has 0 aromatic carbocycles. The fourth-order valence-corrected chi connectivity index (χ4v) is 1.99. The quantitative estimate of drug-likeness (QED) is 0.751. The van der Waals surface area contributed by atoms with Crippen LogP contribution in [0.3, 0.4) is 0 Å². The maximum Gasteiger partial charge on any atom is 0.329 e. The molecule has 0 radical (unpaired) electrons. The normalized spacial score (nSPS) is 25.8. The number of amides is 2. The molecule has 17 heavy (non-hydrogen) atoms. The Labute approximate surface area is 101 Å². The molecule has 0 spiro atoms. The van der Waals surface area contributed by atoms with Crippen molar-refractivity contribution in [1.82, 2.24) is 9.80 Å². The third kappa shape index (κ3) is 2.36. The molecule has 0 aromatic rings. The van der Waals surface area contributed by atoms with Gasteiger partial charge in [0.05, 0.1) is 12.6 Å². The monoisotopic (exact) mass is 244 g/mol. The van der Waals surface area contributed by atoms with Gasteiger partial charge in [0.15, 0.2) is 0 Å². The number of hydrogen-bond donors (Lipinski definition) is 2. The number of nitrogens with zero attached hydrogens (tertiary/aromatic N) is 2. The molecule has 1 heterocycles. The van der Waals surface area contributed by atoms with Gasteiger partial charge in [-0.2, -0.15) is 0 Å². The van der Waals surface area contributed by atoms with Gasteiger partial charge in [0.25, 0.3) is 0 Å². The molecule has 1 saturated heterocycles. The number of carbonyl (C=O) groups excluding carboxylic acids is 1. The molecule has 2 unspecified atom stereocenters. The largest absolute Gasteiger partial charge is 0.480 e. The number of carboxylic acids is 1. The number of aliphatic hydroxyl groups excluding tert-OH is 1. The Kier molecular flexibility index (Phi) is 3.98. The number of urea groups is 1. The molecule has 1 fully saturated rings. The van der Waals surface area contributed by atoms with Gasteiger partial charge in [-0.1, -0.05) is 0 Å². The molecule has 0 aromatic heterocycles. The third-order valence-corrected chi connectivity index (χ3v) is 3.56. The number of rotatable bonds is 3. The zero-order chi connectivity index (χ0) is 13.2. The van der Waals surface area contributed by atoms with E-state index in [4.69, 9.17) is 5.11 Å². The van der Waals surface area contributed by atoms with Gasteiger partial charge >= 0.3 is 12.0 Å². The summed E-state index contributed by atoms with van der Waals surface area (Å²) in [5, 5.41) is 18.2. The van der Waals surface area contributed by atoms with E-state index in [9.17, 15) is 14.7 Å². The van der Waals surface area contributed by atoms with Gasteiger partial charge in [-0.3, -0.25) is 0 Å². The first-order valence-electron chi connectivity index (χ1n) is 5.73. The number of likely N-dealkylation sites (tertiary alicyclic amines) is 1. The second-order valence-electron chi connectivity index (χ2n) is 4.76. The van der Waals surface area contributed by atoms with E-state index >= 15 is 0 Å². The van der Waals surface area contributed by atoms with Gasteiger partial charge in [-0.15, -0.1) is 0 Å². The number of hydrogen-bond acceptors (Lipinski definition) is 3. The van der Waals surface area contributed by atoms with Gasteiger partial charge in [0.1, 0.15) is 5.54 Å². The maximum absolute atomic E-state index is 12.1. The molecule has 6 nitrogen and oxygen atoms in total. The van der Waals surface area contributed by atoms with Crippen molar-refractivity contribution in [3.8, 4) is 0 Å². The van der Waals surface area contributed by atoms with Crippen molar-refractivity contribution in [3.05, 3.63) is 0 Å². The molecule has 2 atom stereocenters. The van der Waals surface area contributed by atoms with Crippen molar-refractivity contribution in [3.63, 3.8) is 0 Å². The van der Waals surface area contributed by atoms with Crippen LogP contribution in [-0.2, 0) is 4.79 Å². The highest BCUT2D eigenvalue weighted by Crippen LogP contribution is 2.30. The Balaban J connectivity index is 2.85. The van der Waals surface area contributed by atoms with E-state index in [-0.39, 0.29) is 18.7 Å². The lowest BCUT2D eigenvalue weighted by Gasteiger charge is -2.36. The first-order valence-corrected chi connectivity index (χ1v) is 5.73. The number of likely N-dealkylation sites (N-methyl/N-ethyl adjacent to an activating group) is 1. The van der Waals surface area contributed by atoms with Gasteiger partial charge in [0.2, 0.25) is 0 Å². The lowest BCUT2D eigenvalue weighted by molar-refractivity contribution is -0.147. The minimum Gasteiger partial charge on any atom is -0.480 e. The fourth-order valence-electron chi connectivity index (χ4n) is 1.99. The lowest BCUT2D eigenvalue weighted by atomic mass is 10.00. The van der Waals surface area contributed by atoms with Gasteiger partial charge in [-0.05, 0) is 26.7 Å². The molecular formula is C11H20N2O4. The fraction of sp³-hybridized carbons (Fsp3) is 0.818. The molecule has 0 aliphatic carbocycles. The molecule has 2 N–H and O–H groups in total. The van der Waals surface area contributed by atoms with E-state index < -0.39 is 11.5 Å². The smallest absolute Gasteiger partial charge is 0.329 e. The lowest BCUT2D eigenvalue weighted by Crippen LogP contribution is -2.56. The highest BCUT2D eigenvalue weighted by atomic mass is 16.4. The second-order valence-corrected chi connectivity index (χ2v) is 4.76. The molecule has 6 heteroatoms. The van der Waals surface area contributed by atoms with Crippen LogP contribution in [0.4, 0.5) is 4.79 Å². The second kappa shape index (κ2) is 4.91. The molecular weight excluding hydrogens is 224 g/mol. The van der Waals surface area contributed by atoms with E-state index in [1.807, 2.05) is 0 Å². The van der Waals surface area contributed by atoms with E-state index in [0.29, 0.717) is 19.4 Å². The van der Waals surface area contributed by atoms with Crippen LogP contribution in [0.25, 0.3) is 0 Å².